The molecule has 2 rings (SSSR count). The van der Waals surface area contributed by atoms with Gasteiger partial charge >= 0.3 is 0 Å². The van der Waals surface area contributed by atoms with Crippen LogP contribution in [0.5, 0.6) is 0 Å². The monoisotopic (exact) mass is 356 g/mol. The van der Waals surface area contributed by atoms with Crippen molar-refractivity contribution in [2.45, 2.75) is 50.0 Å². The lowest BCUT2D eigenvalue weighted by Gasteiger charge is -2.30. The molecule has 1 saturated carbocycles. The summed E-state index contributed by atoms with van der Waals surface area (Å²) in [5.41, 5.74) is -0.157. The first-order valence-corrected chi connectivity index (χ1v) is 9.72. The van der Waals surface area contributed by atoms with Gasteiger partial charge < -0.3 is 5.11 Å². The highest BCUT2D eigenvalue weighted by Gasteiger charge is 2.27. The summed E-state index contributed by atoms with van der Waals surface area (Å²) in [4.78, 5) is 10.0. The number of non-ortho nitro benzene ring substituents is 1. The molecule has 0 aromatic heterocycles. The van der Waals surface area contributed by atoms with E-state index in [1.165, 1.54) is 18.6 Å². The molecule has 1 aliphatic rings. The van der Waals surface area contributed by atoms with Crippen molar-refractivity contribution >= 4 is 15.7 Å². The fourth-order valence-electron chi connectivity index (χ4n) is 3.13. The Bertz CT molecular complexity index is 654. The van der Waals surface area contributed by atoms with Gasteiger partial charge in [0.2, 0.25) is 10.0 Å². The van der Waals surface area contributed by atoms with E-state index in [9.17, 15) is 23.6 Å². The summed E-state index contributed by atoms with van der Waals surface area (Å²) in [5, 5.41) is 21.0. The third-order valence-corrected chi connectivity index (χ3v) is 6.11. The summed E-state index contributed by atoms with van der Waals surface area (Å²) in [5.74, 6) is 0.0403. The first-order chi connectivity index (χ1) is 11.3. The molecule has 0 radical (unpaired) electrons. The van der Waals surface area contributed by atoms with Crippen LogP contribution >= 0.6 is 0 Å². The van der Waals surface area contributed by atoms with Gasteiger partial charge in [-0.1, -0.05) is 26.2 Å². The van der Waals surface area contributed by atoms with Crippen LogP contribution in [0.1, 0.15) is 39.0 Å². The van der Waals surface area contributed by atoms with Gasteiger partial charge in [-0.2, -0.15) is 0 Å². The number of aliphatic hydroxyl groups excluding tert-OH is 1. The van der Waals surface area contributed by atoms with Crippen molar-refractivity contribution in [1.82, 2.24) is 4.72 Å². The summed E-state index contributed by atoms with van der Waals surface area (Å²) < 4.78 is 27.0. The van der Waals surface area contributed by atoms with Crippen LogP contribution in [0.4, 0.5) is 5.69 Å². The zero-order valence-corrected chi connectivity index (χ0v) is 14.5. The van der Waals surface area contributed by atoms with Crippen molar-refractivity contribution in [3.8, 4) is 0 Å². The highest BCUT2D eigenvalue weighted by molar-refractivity contribution is 7.89. The zero-order chi connectivity index (χ0) is 17.7. The van der Waals surface area contributed by atoms with Gasteiger partial charge in [0.25, 0.3) is 5.69 Å². The van der Waals surface area contributed by atoms with Gasteiger partial charge in [0.1, 0.15) is 0 Å². The number of nitro benzene ring substituents is 1. The molecular formula is C16H24N2O5S. The Balaban J connectivity index is 1.94. The normalized spacial score (nSPS) is 18.9. The summed E-state index contributed by atoms with van der Waals surface area (Å²) in [6.07, 6.45) is 4.88. The standard InChI is InChI=1S/C16H24N2O5S/c1-12(16(19)13-5-3-2-4-6-13)11-17-24(22,23)15-9-7-14(8-10-15)18(20)21/h7-10,12-13,16-17,19H,2-6,11H2,1H3/t12-,16+/m1/s1. The number of nitrogens with one attached hydrogen (secondary N) is 1. The van der Waals surface area contributed by atoms with Gasteiger partial charge in [-0.05, 0) is 36.8 Å². The van der Waals surface area contributed by atoms with E-state index in [-0.39, 0.29) is 29.0 Å². The van der Waals surface area contributed by atoms with Crippen molar-refractivity contribution in [2.24, 2.45) is 11.8 Å². The van der Waals surface area contributed by atoms with Crippen molar-refractivity contribution in [3.63, 3.8) is 0 Å². The van der Waals surface area contributed by atoms with Crippen molar-refractivity contribution in [1.29, 1.82) is 0 Å². The summed E-state index contributed by atoms with van der Waals surface area (Å²) in [6, 6.07) is 4.75. The Morgan fingerprint density at radius 2 is 1.83 bits per heavy atom. The molecule has 0 bridgehead atoms. The average molecular weight is 356 g/mol. The number of nitrogens with zero attached hydrogens (tertiary/aromatic N) is 1. The highest BCUT2D eigenvalue weighted by atomic mass is 32.2. The second-order valence-corrected chi connectivity index (χ2v) is 8.24. The van der Waals surface area contributed by atoms with E-state index in [1.807, 2.05) is 6.92 Å². The molecule has 2 atom stereocenters. The number of hydrogen-bond acceptors (Lipinski definition) is 5. The lowest BCUT2D eigenvalue weighted by Crippen LogP contribution is -2.37. The molecule has 1 aromatic carbocycles. The molecule has 2 N–H and O–H groups in total. The smallest absolute Gasteiger partial charge is 0.269 e. The molecule has 7 nitrogen and oxygen atoms in total. The lowest BCUT2D eigenvalue weighted by atomic mass is 9.81. The summed E-state index contributed by atoms with van der Waals surface area (Å²) in [7, 11) is -3.75. The van der Waals surface area contributed by atoms with Crippen LogP contribution < -0.4 is 4.72 Å². The number of hydrogen-bond donors (Lipinski definition) is 2. The minimum absolute atomic E-state index is 0.0209. The van der Waals surface area contributed by atoms with Gasteiger partial charge in [0, 0.05) is 18.7 Å². The van der Waals surface area contributed by atoms with Gasteiger partial charge in [0.15, 0.2) is 0 Å². The highest BCUT2D eigenvalue weighted by Crippen LogP contribution is 2.29. The third kappa shape index (κ3) is 4.75. The molecule has 0 unspecified atom stereocenters. The first-order valence-electron chi connectivity index (χ1n) is 8.23. The predicted octanol–water partition coefficient (Wildman–Crippen LogP) is 2.45. The molecule has 0 spiro atoms. The van der Waals surface area contributed by atoms with E-state index in [2.05, 4.69) is 4.72 Å². The number of rotatable bonds is 7. The molecule has 0 amide bonds. The van der Waals surface area contributed by atoms with Crippen LogP contribution in [-0.4, -0.2) is 31.1 Å². The molecular weight excluding hydrogens is 332 g/mol. The minimum Gasteiger partial charge on any atom is -0.393 e. The Kier molecular flexibility index (Phi) is 6.31. The van der Waals surface area contributed by atoms with Crippen LogP contribution in [-0.2, 0) is 10.0 Å². The van der Waals surface area contributed by atoms with E-state index in [0.717, 1.165) is 37.8 Å². The molecule has 0 heterocycles. The van der Waals surface area contributed by atoms with Gasteiger partial charge in [-0.15, -0.1) is 0 Å². The molecule has 0 saturated heterocycles. The van der Waals surface area contributed by atoms with Crippen LogP contribution in [0.15, 0.2) is 29.2 Å². The summed E-state index contributed by atoms with van der Waals surface area (Å²) in [6.45, 7) is 1.97. The van der Waals surface area contributed by atoms with E-state index >= 15 is 0 Å². The molecule has 134 valence electrons. The van der Waals surface area contributed by atoms with E-state index < -0.39 is 21.1 Å². The second-order valence-electron chi connectivity index (χ2n) is 6.47. The average Bonchev–Trinajstić information content (AvgIpc) is 2.60. The maximum atomic E-state index is 12.3. The molecule has 0 aliphatic heterocycles. The fourth-order valence-corrected chi connectivity index (χ4v) is 4.28. The topological polar surface area (TPSA) is 110 Å². The number of aliphatic hydroxyl groups is 1. The summed E-state index contributed by atoms with van der Waals surface area (Å²) >= 11 is 0. The van der Waals surface area contributed by atoms with Crippen LogP contribution in [0.2, 0.25) is 0 Å². The Labute approximate surface area is 142 Å². The van der Waals surface area contributed by atoms with E-state index in [1.54, 1.807) is 0 Å². The second kappa shape index (κ2) is 8.04. The number of nitro groups is 1. The predicted molar refractivity (Wildman–Crippen MR) is 90.0 cm³/mol. The molecule has 1 aliphatic carbocycles. The maximum Gasteiger partial charge on any atom is 0.269 e. The SMILES string of the molecule is C[C@H](CNS(=O)(=O)c1ccc([N+](=O)[O-])cc1)[C@H](O)C1CCCCC1. The lowest BCUT2D eigenvalue weighted by molar-refractivity contribution is -0.384. The van der Waals surface area contributed by atoms with E-state index in [4.69, 9.17) is 0 Å². The number of benzene rings is 1. The zero-order valence-electron chi connectivity index (χ0n) is 13.7. The molecule has 24 heavy (non-hydrogen) atoms. The quantitative estimate of drug-likeness (QED) is 0.576. The largest absolute Gasteiger partial charge is 0.393 e. The van der Waals surface area contributed by atoms with Crippen LogP contribution in [0.25, 0.3) is 0 Å². The molecule has 1 aromatic rings. The van der Waals surface area contributed by atoms with E-state index in [0.29, 0.717) is 0 Å². The molecule has 8 heteroatoms. The van der Waals surface area contributed by atoms with Gasteiger partial charge in [-0.25, -0.2) is 13.1 Å². The Hall–Kier alpha value is -1.51. The van der Waals surface area contributed by atoms with Crippen molar-refractivity contribution in [3.05, 3.63) is 34.4 Å². The minimum atomic E-state index is -3.75. The van der Waals surface area contributed by atoms with Crippen LogP contribution in [0, 0.1) is 22.0 Å². The third-order valence-electron chi connectivity index (χ3n) is 4.67. The van der Waals surface area contributed by atoms with Gasteiger partial charge in [-0.3, -0.25) is 10.1 Å². The van der Waals surface area contributed by atoms with Crippen LogP contribution in [0.3, 0.4) is 0 Å². The van der Waals surface area contributed by atoms with Gasteiger partial charge in [0.05, 0.1) is 15.9 Å². The van der Waals surface area contributed by atoms with Crippen molar-refractivity contribution < 1.29 is 18.4 Å². The molecule has 1 fully saturated rings. The first kappa shape index (κ1) is 18.8. The number of sulfonamides is 1. The maximum absolute atomic E-state index is 12.3. The Morgan fingerprint density at radius 3 is 2.38 bits per heavy atom. The Morgan fingerprint density at radius 1 is 1.25 bits per heavy atom. The van der Waals surface area contributed by atoms with Crippen molar-refractivity contribution in [2.75, 3.05) is 6.54 Å². The fraction of sp³-hybridized carbons (Fsp3) is 0.625.